The third-order valence-electron chi connectivity index (χ3n) is 4.89. The van der Waals surface area contributed by atoms with E-state index in [-0.39, 0.29) is 24.8 Å². The van der Waals surface area contributed by atoms with E-state index >= 15 is 0 Å². The van der Waals surface area contributed by atoms with Crippen LogP contribution < -0.4 is 24.8 Å². The number of rotatable bonds is 0. The maximum atomic E-state index is 3.38. The average molecular weight is 489 g/mol. The van der Waals surface area contributed by atoms with Crippen LogP contribution in [0.4, 0.5) is 0 Å². The fourth-order valence-corrected chi connectivity index (χ4v) is 4.32. The molecule has 3 aliphatic carbocycles. The molecule has 0 heterocycles. The molecule has 2 aromatic rings. The molecule has 0 aromatic heterocycles. The van der Waals surface area contributed by atoms with Gasteiger partial charge in [-0.15, -0.1) is 12.0 Å². The summed E-state index contributed by atoms with van der Waals surface area (Å²) in [6, 6.07) is 14.5. The minimum absolute atomic E-state index is 0. The van der Waals surface area contributed by atoms with Gasteiger partial charge >= 0.3 is 53.1 Å². The topological polar surface area (TPSA) is 0 Å². The number of fused-ring (bicyclic) bond motifs is 3. The summed E-state index contributed by atoms with van der Waals surface area (Å²) < 4.78 is 1.79. The zero-order valence-corrected chi connectivity index (χ0v) is 20.6. The molecule has 0 N–H and O–H groups in total. The van der Waals surface area contributed by atoms with Gasteiger partial charge in [0, 0.05) is 0 Å². The Hall–Kier alpha value is -0.747. The van der Waals surface area contributed by atoms with Crippen LogP contribution in [0.15, 0.2) is 48.6 Å². The van der Waals surface area contributed by atoms with E-state index in [2.05, 4.69) is 62.4 Å². The molecule has 3 aliphatic rings. The van der Waals surface area contributed by atoms with Gasteiger partial charge in [0.15, 0.2) is 0 Å². The number of halogens is 2. The Bertz CT molecular complexity index is 782. The predicted molar refractivity (Wildman–Crippen MR) is 108 cm³/mol. The monoisotopic (exact) mass is 486 g/mol. The Labute approximate surface area is 197 Å². The summed E-state index contributed by atoms with van der Waals surface area (Å²) in [6.45, 7) is 4.28. The molecule has 1 saturated carbocycles. The van der Waals surface area contributed by atoms with Crippen molar-refractivity contribution in [2.24, 2.45) is 0 Å². The third kappa shape index (κ3) is 7.25. The average Bonchev–Trinajstić information content (AvgIpc) is 3.38. The van der Waals surface area contributed by atoms with Gasteiger partial charge in [0.1, 0.15) is 0 Å². The van der Waals surface area contributed by atoms with Crippen molar-refractivity contribution >= 4 is 3.21 Å². The number of hydrogen-bond acceptors (Lipinski definition) is 0. The first kappa shape index (κ1) is 25.3. The van der Waals surface area contributed by atoms with Crippen molar-refractivity contribution in [3.8, 4) is 11.1 Å². The maximum absolute atomic E-state index is 3.38. The van der Waals surface area contributed by atoms with Crippen molar-refractivity contribution in [1.82, 2.24) is 0 Å². The molecule has 0 radical (unpaired) electrons. The fourth-order valence-electron chi connectivity index (χ4n) is 3.45. The van der Waals surface area contributed by atoms with Gasteiger partial charge in [0.25, 0.3) is 0 Å². The molecule has 0 aliphatic heterocycles. The van der Waals surface area contributed by atoms with Gasteiger partial charge < -0.3 is 24.8 Å². The molecule has 0 amide bonds. The molecule has 146 valence electrons. The van der Waals surface area contributed by atoms with E-state index in [4.69, 9.17) is 0 Å². The second-order valence-electron chi connectivity index (χ2n) is 7.22. The number of allylic oxidation sites excluding steroid dienone is 4. The Kier molecular flexibility index (Phi) is 11.5. The first-order valence-corrected chi connectivity index (χ1v) is 10.8. The summed E-state index contributed by atoms with van der Waals surface area (Å²) in [5.74, 6) is 0. The first-order chi connectivity index (χ1) is 12.6. The van der Waals surface area contributed by atoms with E-state index in [1.807, 2.05) is 12.2 Å². The second-order valence-corrected chi connectivity index (χ2v) is 8.96. The van der Waals surface area contributed by atoms with E-state index in [0.29, 0.717) is 0 Å². The summed E-state index contributed by atoms with van der Waals surface area (Å²) in [7, 11) is 0. The van der Waals surface area contributed by atoms with Crippen molar-refractivity contribution in [1.29, 1.82) is 0 Å². The first-order valence-electron chi connectivity index (χ1n) is 9.52. The Morgan fingerprint density at radius 3 is 2.18 bits per heavy atom. The molecule has 0 bridgehead atoms. The second kappa shape index (κ2) is 12.7. The molecule has 0 unspecified atom stereocenters. The Balaban J connectivity index is 0.000000252. The van der Waals surface area contributed by atoms with E-state index in [1.54, 1.807) is 27.4 Å². The van der Waals surface area contributed by atoms with E-state index in [1.165, 1.54) is 59.1 Å². The van der Waals surface area contributed by atoms with Crippen LogP contribution >= 0.6 is 0 Å². The van der Waals surface area contributed by atoms with Gasteiger partial charge in [0.05, 0.1) is 0 Å². The molecular weight excluding hydrogens is 462 g/mol. The van der Waals surface area contributed by atoms with Crippen molar-refractivity contribution in [3.05, 3.63) is 83.0 Å². The molecule has 3 heteroatoms. The number of benzene rings is 2. The predicted octanol–water partition coefficient (Wildman–Crippen LogP) is 0.268. The summed E-state index contributed by atoms with van der Waals surface area (Å²) in [5, 5.41) is 0. The van der Waals surface area contributed by atoms with Crippen LogP contribution in [-0.4, -0.2) is 3.21 Å². The standard InChI is InChI=1S/C15H13.C5H8.C5H5.2ClH.Zr/c1-10-3-5-12-9-13-6-4-11(2)8-15(13)14(12)7-10;2*1-2-4-5-3-1;;;/h3-5,7-8H,9H2,1-2H3;1-4H2;1-3H,4H2;2*1H;/q-1;;-1;;;+2/p-2. The molecule has 0 nitrogen and oxygen atoms in total. The van der Waals surface area contributed by atoms with E-state index < -0.39 is 0 Å². The molecule has 5 rings (SSSR count). The van der Waals surface area contributed by atoms with Gasteiger partial charge in [0.2, 0.25) is 0 Å². The van der Waals surface area contributed by atoms with Gasteiger partial charge in [-0.3, -0.25) is 6.08 Å². The van der Waals surface area contributed by atoms with Crippen molar-refractivity contribution in [3.63, 3.8) is 0 Å². The van der Waals surface area contributed by atoms with Crippen LogP contribution in [0.1, 0.15) is 54.4 Å². The van der Waals surface area contributed by atoms with Gasteiger partial charge in [-0.05, 0) is 13.3 Å². The van der Waals surface area contributed by atoms with Crippen LogP contribution in [0.25, 0.3) is 11.1 Å². The van der Waals surface area contributed by atoms with Crippen LogP contribution in [0.3, 0.4) is 0 Å². The number of hydrogen-bond donors (Lipinski definition) is 0. The summed E-state index contributed by atoms with van der Waals surface area (Å²) in [4.78, 5) is 0. The minimum atomic E-state index is 0. The van der Waals surface area contributed by atoms with Crippen LogP contribution in [-0.2, 0) is 30.7 Å². The van der Waals surface area contributed by atoms with Crippen molar-refractivity contribution < 1.29 is 49.0 Å². The van der Waals surface area contributed by atoms with Crippen molar-refractivity contribution in [2.45, 2.75) is 52.4 Å². The zero-order valence-electron chi connectivity index (χ0n) is 16.6. The normalized spacial score (nSPS) is 14.6. The van der Waals surface area contributed by atoms with Gasteiger partial charge in [-0.25, -0.2) is 12.2 Å². The van der Waals surface area contributed by atoms with Crippen LogP contribution in [0.2, 0.25) is 0 Å². The summed E-state index contributed by atoms with van der Waals surface area (Å²) >= 11 is 1.68. The molecule has 0 spiro atoms. The molecule has 0 saturated heterocycles. The molecular formula is C25H26Cl2Zr-2. The SMILES string of the molecule is Cc1c[c-]c2c(c1)-c1cc(C)ccc1C2.[C-]1=CC=CC1.[Cl-].[Cl-].[Zr+2]=[C]1CCCC1. The van der Waals surface area contributed by atoms with E-state index in [0.717, 1.165) is 12.8 Å². The summed E-state index contributed by atoms with van der Waals surface area (Å²) in [5.41, 5.74) is 8.21. The fraction of sp³-hybridized carbons (Fsp3) is 0.320. The van der Waals surface area contributed by atoms with Gasteiger partial charge in [-0.1, -0.05) is 41.8 Å². The molecule has 0 atom stereocenters. The Morgan fingerprint density at radius 1 is 0.929 bits per heavy atom. The zero-order chi connectivity index (χ0) is 18.4. The van der Waals surface area contributed by atoms with Gasteiger partial charge in [-0.2, -0.15) is 35.4 Å². The third-order valence-corrected chi connectivity index (χ3v) is 6.12. The molecule has 2 aromatic carbocycles. The van der Waals surface area contributed by atoms with Crippen LogP contribution in [0.5, 0.6) is 0 Å². The van der Waals surface area contributed by atoms with E-state index in [9.17, 15) is 0 Å². The Morgan fingerprint density at radius 2 is 1.64 bits per heavy atom. The number of aryl methyl sites for hydroxylation is 2. The quantitative estimate of drug-likeness (QED) is 0.399. The molecule has 28 heavy (non-hydrogen) atoms. The van der Waals surface area contributed by atoms with Crippen LogP contribution in [0, 0.1) is 26.0 Å². The molecule has 1 fully saturated rings. The summed E-state index contributed by atoms with van der Waals surface area (Å²) in [6.07, 6.45) is 16.9. The van der Waals surface area contributed by atoms with Crippen molar-refractivity contribution in [2.75, 3.05) is 0 Å².